The van der Waals surface area contributed by atoms with E-state index in [0.717, 1.165) is 11.3 Å². The zero-order valence-electron chi connectivity index (χ0n) is 8.00. The maximum Gasteiger partial charge on any atom is 0.105 e. The van der Waals surface area contributed by atoms with Crippen LogP contribution >= 0.6 is 0 Å². The normalized spacial score (nSPS) is 16.1. The Bertz CT molecular complexity index is 265. The van der Waals surface area contributed by atoms with Crippen LogP contribution in [0, 0.1) is 6.92 Å². The van der Waals surface area contributed by atoms with Gasteiger partial charge in [-0.15, -0.1) is 0 Å². The van der Waals surface area contributed by atoms with Crippen molar-refractivity contribution in [3.8, 4) is 0 Å². The van der Waals surface area contributed by atoms with Gasteiger partial charge in [0.25, 0.3) is 0 Å². The van der Waals surface area contributed by atoms with E-state index in [4.69, 9.17) is 0 Å². The van der Waals surface area contributed by atoms with E-state index in [2.05, 4.69) is 5.10 Å². The van der Waals surface area contributed by atoms with Crippen molar-refractivity contribution in [3.05, 3.63) is 17.5 Å². The van der Waals surface area contributed by atoms with Crippen LogP contribution in [0.15, 0.2) is 6.20 Å². The van der Waals surface area contributed by atoms with Gasteiger partial charge in [-0.25, -0.2) is 4.39 Å². The van der Waals surface area contributed by atoms with E-state index >= 15 is 0 Å². The molecule has 0 aromatic carbocycles. The Morgan fingerprint density at radius 2 is 2.08 bits per heavy atom. The Morgan fingerprint density at radius 3 is 2.42 bits per heavy atom. The van der Waals surface area contributed by atoms with Crippen LogP contribution in [0.4, 0.5) is 4.39 Å². The molecule has 68 valence electrons. The molecule has 1 aromatic rings. The van der Waals surface area contributed by atoms with Gasteiger partial charge >= 0.3 is 0 Å². The Hall–Kier alpha value is -0.860. The molecule has 2 nitrogen and oxygen atoms in total. The summed E-state index contributed by atoms with van der Waals surface area (Å²) in [5.41, 5.74) is 1.93. The Morgan fingerprint density at radius 1 is 1.50 bits per heavy atom. The first-order valence-corrected chi connectivity index (χ1v) is 4.16. The lowest BCUT2D eigenvalue weighted by Gasteiger charge is -2.10. The molecule has 0 saturated heterocycles. The van der Waals surface area contributed by atoms with Crippen molar-refractivity contribution >= 4 is 0 Å². The molecule has 2 unspecified atom stereocenters. The van der Waals surface area contributed by atoms with Gasteiger partial charge in [0, 0.05) is 19.2 Å². The number of alkyl halides is 1. The van der Waals surface area contributed by atoms with Crippen molar-refractivity contribution in [1.82, 2.24) is 9.78 Å². The first-order valence-electron chi connectivity index (χ1n) is 4.16. The predicted octanol–water partition coefficient (Wildman–Crippen LogP) is 2.19. The summed E-state index contributed by atoms with van der Waals surface area (Å²) in [6.45, 7) is 5.39. The molecule has 1 heterocycles. The average Bonchev–Trinajstić information content (AvgIpc) is 2.28. The second-order valence-corrected chi connectivity index (χ2v) is 3.34. The minimum atomic E-state index is -0.835. The zero-order valence-corrected chi connectivity index (χ0v) is 8.00. The van der Waals surface area contributed by atoms with Crippen LogP contribution in [0.3, 0.4) is 0 Å². The van der Waals surface area contributed by atoms with Gasteiger partial charge in [0.15, 0.2) is 0 Å². The smallest absolute Gasteiger partial charge is 0.105 e. The second kappa shape index (κ2) is 3.25. The molecule has 1 rings (SSSR count). The summed E-state index contributed by atoms with van der Waals surface area (Å²) in [6.07, 6.45) is 1.08. The number of hydrogen-bond donors (Lipinski definition) is 0. The van der Waals surface area contributed by atoms with Crippen molar-refractivity contribution < 1.29 is 4.39 Å². The van der Waals surface area contributed by atoms with Crippen LogP contribution < -0.4 is 0 Å². The third-order valence-electron chi connectivity index (χ3n) is 2.17. The predicted molar refractivity (Wildman–Crippen MR) is 46.9 cm³/mol. The van der Waals surface area contributed by atoms with Gasteiger partial charge in [0.1, 0.15) is 6.17 Å². The van der Waals surface area contributed by atoms with Gasteiger partial charge in [0.05, 0.1) is 5.69 Å². The fourth-order valence-corrected chi connectivity index (χ4v) is 1.29. The van der Waals surface area contributed by atoms with Crippen LogP contribution in [0.2, 0.25) is 0 Å². The Kier molecular flexibility index (Phi) is 2.50. The largest absolute Gasteiger partial charge is 0.275 e. The first kappa shape index (κ1) is 9.23. The number of halogens is 1. The molecule has 3 heteroatoms. The van der Waals surface area contributed by atoms with Gasteiger partial charge < -0.3 is 0 Å². The SMILES string of the molecule is Cc1cn(C)nc1C(C)C(C)F. The molecular formula is C9H15FN2. The molecule has 0 aliphatic heterocycles. The van der Waals surface area contributed by atoms with Crippen molar-refractivity contribution in [2.75, 3.05) is 0 Å². The lowest BCUT2D eigenvalue weighted by Crippen LogP contribution is -2.08. The molecule has 0 amide bonds. The molecular weight excluding hydrogens is 155 g/mol. The summed E-state index contributed by atoms with van der Waals surface area (Å²) in [5, 5.41) is 4.21. The summed E-state index contributed by atoms with van der Waals surface area (Å²) in [5.74, 6) is -0.105. The van der Waals surface area contributed by atoms with Gasteiger partial charge in [0.2, 0.25) is 0 Å². The second-order valence-electron chi connectivity index (χ2n) is 3.34. The number of aromatic nitrogens is 2. The van der Waals surface area contributed by atoms with Crippen LogP contribution in [-0.2, 0) is 7.05 Å². The molecule has 2 atom stereocenters. The average molecular weight is 170 g/mol. The minimum Gasteiger partial charge on any atom is -0.275 e. The van der Waals surface area contributed by atoms with E-state index in [1.54, 1.807) is 11.6 Å². The van der Waals surface area contributed by atoms with Gasteiger partial charge in [-0.1, -0.05) is 6.92 Å². The molecule has 0 aliphatic carbocycles. The summed E-state index contributed by atoms with van der Waals surface area (Å²) in [4.78, 5) is 0. The first-order chi connectivity index (χ1) is 5.52. The van der Waals surface area contributed by atoms with Crippen LogP contribution in [0.1, 0.15) is 31.0 Å². The number of hydrogen-bond acceptors (Lipinski definition) is 1. The topological polar surface area (TPSA) is 17.8 Å². The molecule has 0 N–H and O–H groups in total. The third-order valence-corrected chi connectivity index (χ3v) is 2.17. The van der Waals surface area contributed by atoms with Crippen LogP contribution in [0.5, 0.6) is 0 Å². The molecule has 0 radical (unpaired) electrons. The molecule has 0 aliphatic rings. The van der Waals surface area contributed by atoms with E-state index in [0.29, 0.717) is 0 Å². The molecule has 0 fully saturated rings. The quantitative estimate of drug-likeness (QED) is 0.665. The third kappa shape index (κ3) is 1.65. The van der Waals surface area contributed by atoms with E-state index in [9.17, 15) is 4.39 Å². The monoisotopic (exact) mass is 170 g/mol. The fraction of sp³-hybridized carbons (Fsp3) is 0.667. The lowest BCUT2D eigenvalue weighted by atomic mass is 10.0. The number of rotatable bonds is 2. The highest BCUT2D eigenvalue weighted by Crippen LogP contribution is 2.22. The van der Waals surface area contributed by atoms with Gasteiger partial charge in [-0.3, -0.25) is 4.68 Å². The highest BCUT2D eigenvalue weighted by Gasteiger charge is 2.17. The minimum absolute atomic E-state index is 0.105. The number of aryl methyl sites for hydroxylation is 2. The molecule has 12 heavy (non-hydrogen) atoms. The summed E-state index contributed by atoms with van der Waals surface area (Å²) >= 11 is 0. The lowest BCUT2D eigenvalue weighted by molar-refractivity contribution is 0.312. The Balaban J connectivity index is 2.94. The van der Waals surface area contributed by atoms with E-state index in [1.807, 2.05) is 27.1 Å². The zero-order chi connectivity index (χ0) is 9.30. The highest BCUT2D eigenvalue weighted by molar-refractivity contribution is 5.19. The van der Waals surface area contributed by atoms with Gasteiger partial charge in [-0.05, 0) is 19.4 Å². The van der Waals surface area contributed by atoms with Crippen LogP contribution in [-0.4, -0.2) is 16.0 Å². The van der Waals surface area contributed by atoms with Crippen molar-refractivity contribution in [2.24, 2.45) is 7.05 Å². The Labute approximate surface area is 72.4 Å². The fourth-order valence-electron chi connectivity index (χ4n) is 1.29. The van der Waals surface area contributed by atoms with E-state index in [-0.39, 0.29) is 5.92 Å². The van der Waals surface area contributed by atoms with Crippen LogP contribution in [0.25, 0.3) is 0 Å². The summed E-state index contributed by atoms with van der Waals surface area (Å²) in [6, 6.07) is 0. The summed E-state index contributed by atoms with van der Waals surface area (Å²) < 4.78 is 14.6. The molecule has 1 aromatic heterocycles. The van der Waals surface area contributed by atoms with Gasteiger partial charge in [-0.2, -0.15) is 5.10 Å². The van der Waals surface area contributed by atoms with Crippen molar-refractivity contribution in [1.29, 1.82) is 0 Å². The van der Waals surface area contributed by atoms with E-state index < -0.39 is 6.17 Å². The highest BCUT2D eigenvalue weighted by atomic mass is 19.1. The summed E-state index contributed by atoms with van der Waals surface area (Å²) in [7, 11) is 1.85. The molecule has 0 saturated carbocycles. The maximum atomic E-state index is 12.9. The number of nitrogens with zero attached hydrogens (tertiary/aromatic N) is 2. The maximum absolute atomic E-state index is 12.9. The molecule has 0 spiro atoms. The van der Waals surface area contributed by atoms with Crippen molar-refractivity contribution in [2.45, 2.75) is 32.9 Å². The molecule has 0 bridgehead atoms. The standard InChI is InChI=1S/C9H15FN2/c1-6-5-12(4)11-9(6)7(2)8(3)10/h5,7-8H,1-4H3. The van der Waals surface area contributed by atoms with Crippen molar-refractivity contribution in [3.63, 3.8) is 0 Å². The van der Waals surface area contributed by atoms with E-state index in [1.165, 1.54) is 0 Å².